The fourth-order valence-electron chi connectivity index (χ4n) is 6.74. The summed E-state index contributed by atoms with van der Waals surface area (Å²) in [5.41, 5.74) is -1.42. The Hall–Kier alpha value is -1.89. The smallest absolute Gasteiger partial charge is 0.214 e. The summed E-state index contributed by atoms with van der Waals surface area (Å²) in [4.78, 5) is 31.7. The van der Waals surface area contributed by atoms with Gasteiger partial charge in [0.2, 0.25) is 5.78 Å². The van der Waals surface area contributed by atoms with E-state index < -0.39 is 22.2 Å². The number of benzene rings is 1. The number of piperidine rings is 1. The molecular weight excluding hydrogens is 434 g/mol. The highest BCUT2D eigenvalue weighted by molar-refractivity contribution is 6.19. The fourth-order valence-corrected chi connectivity index (χ4v) is 6.84. The number of rotatable bonds is 6. The van der Waals surface area contributed by atoms with E-state index in [0.717, 1.165) is 17.5 Å². The lowest BCUT2D eigenvalue weighted by Gasteiger charge is -2.66. The molecule has 172 valence electrons. The molecule has 1 unspecified atom stereocenters. The topological polar surface area (TPSA) is 74.3 Å². The summed E-state index contributed by atoms with van der Waals surface area (Å²) in [5.74, 6) is 2.75. The molecule has 1 spiro atoms. The average Bonchev–Trinajstić information content (AvgIpc) is 3.05. The van der Waals surface area contributed by atoms with Crippen LogP contribution in [0.3, 0.4) is 0 Å². The van der Waals surface area contributed by atoms with Gasteiger partial charge in [0.05, 0.1) is 24.1 Å². The van der Waals surface area contributed by atoms with Crippen molar-refractivity contribution in [3.8, 4) is 11.5 Å². The summed E-state index contributed by atoms with van der Waals surface area (Å²) in [6.45, 7) is 6.64. The Morgan fingerprint density at radius 3 is 2.84 bits per heavy atom. The van der Waals surface area contributed by atoms with Crippen molar-refractivity contribution in [1.82, 2.24) is 5.06 Å². The molecule has 1 saturated carbocycles. The SMILES string of the molecule is CCCO[C@@]12CC(=C=O)C(=O)[C@]3(C)Oc4c(OC)ccc5c4[C@@]31CCN(OC(C)Cl)[C@@H]2C5. The number of halogens is 1. The lowest BCUT2D eigenvalue weighted by Crippen LogP contribution is -2.81. The summed E-state index contributed by atoms with van der Waals surface area (Å²) in [6, 6.07) is 3.65. The van der Waals surface area contributed by atoms with Crippen molar-refractivity contribution < 1.29 is 28.6 Å². The second kappa shape index (κ2) is 7.31. The first-order valence-electron chi connectivity index (χ1n) is 11.2. The van der Waals surface area contributed by atoms with E-state index in [-0.39, 0.29) is 23.8 Å². The number of hydrogen-bond donors (Lipinski definition) is 0. The van der Waals surface area contributed by atoms with E-state index in [4.69, 9.17) is 30.6 Å². The van der Waals surface area contributed by atoms with E-state index in [9.17, 15) is 9.59 Å². The number of hydrogen-bond acceptors (Lipinski definition) is 7. The normalized spacial score (nSPS) is 35.7. The van der Waals surface area contributed by atoms with Gasteiger partial charge in [0.15, 0.2) is 17.1 Å². The van der Waals surface area contributed by atoms with Crippen LogP contribution in [0.1, 0.15) is 51.2 Å². The van der Waals surface area contributed by atoms with Gasteiger partial charge in [0.1, 0.15) is 17.1 Å². The first-order valence-corrected chi connectivity index (χ1v) is 11.6. The number of methoxy groups -OCH3 is 1. The second-order valence-corrected chi connectivity index (χ2v) is 9.87. The molecule has 0 aromatic heterocycles. The van der Waals surface area contributed by atoms with Crippen LogP contribution < -0.4 is 9.47 Å². The molecule has 0 radical (unpaired) electrons. The van der Waals surface area contributed by atoms with E-state index >= 15 is 0 Å². The zero-order valence-electron chi connectivity index (χ0n) is 18.8. The number of Topliss-reactive ketones (excluding diaryl/α,β-unsaturated/α-hetero) is 1. The Kier molecular flexibility index (Phi) is 5.01. The van der Waals surface area contributed by atoms with E-state index in [1.807, 2.05) is 30.1 Å². The molecule has 0 N–H and O–H groups in total. The van der Waals surface area contributed by atoms with Crippen LogP contribution in [0.4, 0.5) is 0 Å². The third kappa shape index (κ3) is 2.44. The molecule has 8 heteroatoms. The maximum absolute atomic E-state index is 13.7. The van der Waals surface area contributed by atoms with Crippen molar-refractivity contribution >= 4 is 23.3 Å². The predicted octanol–water partition coefficient (Wildman–Crippen LogP) is 3.13. The zero-order chi connectivity index (χ0) is 22.9. The van der Waals surface area contributed by atoms with Crippen molar-refractivity contribution in [3.63, 3.8) is 0 Å². The third-order valence-corrected chi connectivity index (χ3v) is 7.90. The number of ether oxygens (including phenoxy) is 3. The van der Waals surface area contributed by atoms with Gasteiger partial charge in [0.25, 0.3) is 0 Å². The summed E-state index contributed by atoms with van der Waals surface area (Å²) >= 11 is 6.23. The van der Waals surface area contributed by atoms with Crippen LogP contribution >= 0.6 is 11.6 Å². The van der Waals surface area contributed by atoms with Gasteiger partial charge >= 0.3 is 0 Å². The van der Waals surface area contributed by atoms with Gasteiger partial charge in [-0.15, -0.1) is 0 Å². The van der Waals surface area contributed by atoms with E-state index in [1.54, 1.807) is 21.0 Å². The second-order valence-electron chi connectivity index (χ2n) is 9.26. The molecule has 5 rings (SSSR count). The quantitative estimate of drug-likeness (QED) is 0.366. The molecule has 1 saturated heterocycles. The van der Waals surface area contributed by atoms with Gasteiger partial charge in [-0.3, -0.25) is 9.63 Å². The van der Waals surface area contributed by atoms with Crippen LogP contribution in [0.25, 0.3) is 0 Å². The molecule has 1 aromatic rings. The monoisotopic (exact) mass is 461 g/mol. The number of carbonyl (C=O) groups excluding carboxylic acids is 2. The first kappa shape index (κ1) is 21.9. The molecule has 4 aliphatic rings. The summed E-state index contributed by atoms with van der Waals surface area (Å²) < 4.78 is 18.9. The highest BCUT2D eigenvalue weighted by Gasteiger charge is 2.80. The first-order chi connectivity index (χ1) is 15.3. The van der Waals surface area contributed by atoms with Gasteiger partial charge in [-0.05, 0) is 44.7 Å². The molecule has 2 bridgehead atoms. The third-order valence-electron chi connectivity index (χ3n) is 7.82. The standard InChI is InChI=1S/C24H28ClNO6/c1-5-10-30-24-12-16(13-27)21(28)22(3)23(24)8-9-26(32-14(2)25)18(24)11-15-6-7-17(29-4)20(31-22)19(15)23/h6-7,14,18H,5,8-12H2,1-4H3/t14?,18-,22+,23+,24-/m1/s1. The predicted molar refractivity (Wildman–Crippen MR) is 117 cm³/mol. The Morgan fingerprint density at radius 2 is 2.19 bits per heavy atom. The molecule has 0 amide bonds. The van der Waals surface area contributed by atoms with Crippen LogP contribution in [0.2, 0.25) is 0 Å². The average molecular weight is 462 g/mol. The minimum absolute atomic E-state index is 0.0697. The molecule has 2 fully saturated rings. The van der Waals surface area contributed by atoms with Crippen LogP contribution in [-0.4, -0.2) is 59.9 Å². The molecule has 2 aliphatic carbocycles. The Morgan fingerprint density at radius 1 is 1.41 bits per heavy atom. The molecule has 5 atom stereocenters. The van der Waals surface area contributed by atoms with Gasteiger partial charge in [-0.1, -0.05) is 24.6 Å². The number of alkyl halides is 1. The summed E-state index contributed by atoms with van der Waals surface area (Å²) in [7, 11) is 1.59. The van der Waals surface area contributed by atoms with E-state index in [2.05, 4.69) is 0 Å². The molecule has 2 heterocycles. The van der Waals surface area contributed by atoms with Gasteiger partial charge in [-0.25, -0.2) is 4.79 Å². The summed E-state index contributed by atoms with van der Waals surface area (Å²) in [6.07, 6.45) is 2.12. The van der Waals surface area contributed by atoms with Crippen LogP contribution in [-0.2, 0) is 31.0 Å². The van der Waals surface area contributed by atoms with Gasteiger partial charge < -0.3 is 14.2 Å². The molecule has 1 aromatic carbocycles. The van der Waals surface area contributed by atoms with Crippen LogP contribution in [0, 0.1) is 0 Å². The number of carbonyl (C=O) groups is 1. The van der Waals surface area contributed by atoms with Crippen LogP contribution in [0.15, 0.2) is 17.7 Å². The van der Waals surface area contributed by atoms with Gasteiger partial charge in [0, 0.05) is 25.1 Å². The lowest BCUT2D eigenvalue weighted by molar-refractivity contribution is -0.301. The molecule has 2 aliphatic heterocycles. The molecular formula is C24H28ClNO6. The number of hydroxylamine groups is 2. The van der Waals surface area contributed by atoms with Crippen LogP contribution in [0.5, 0.6) is 11.5 Å². The highest BCUT2D eigenvalue weighted by Crippen LogP contribution is 2.70. The van der Waals surface area contributed by atoms with Crippen molar-refractivity contribution in [1.29, 1.82) is 0 Å². The highest BCUT2D eigenvalue weighted by atomic mass is 35.5. The minimum atomic E-state index is -1.31. The number of nitrogens with zero attached hydrogens (tertiary/aromatic N) is 1. The Balaban J connectivity index is 1.84. The number of ketones is 1. The van der Waals surface area contributed by atoms with E-state index in [0.29, 0.717) is 37.5 Å². The van der Waals surface area contributed by atoms with Gasteiger partial charge in [-0.2, -0.15) is 5.06 Å². The Labute approximate surface area is 192 Å². The summed E-state index contributed by atoms with van der Waals surface area (Å²) in [5, 5.41) is 1.89. The molecule has 7 nitrogen and oxygen atoms in total. The van der Waals surface area contributed by atoms with Crippen molar-refractivity contribution in [2.45, 2.75) is 74.7 Å². The lowest BCUT2D eigenvalue weighted by atomic mass is 9.44. The van der Waals surface area contributed by atoms with Crippen molar-refractivity contribution in [3.05, 3.63) is 28.8 Å². The minimum Gasteiger partial charge on any atom is -0.493 e. The van der Waals surface area contributed by atoms with E-state index in [1.165, 1.54) is 0 Å². The zero-order valence-corrected chi connectivity index (χ0v) is 19.6. The Bertz CT molecular complexity index is 1040. The maximum atomic E-state index is 13.7. The van der Waals surface area contributed by atoms with Crippen molar-refractivity contribution in [2.24, 2.45) is 0 Å². The fraction of sp³-hybridized carbons (Fsp3) is 0.625. The molecule has 32 heavy (non-hydrogen) atoms. The largest absolute Gasteiger partial charge is 0.493 e. The maximum Gasteiger partial charge on any atom is 0.214 e. The van der Waals surface area contributed by atoms with Crippen molar-refractivity contribution in [2.75, 3.05) is 20.3 Å².